The van der Waals surface area contributed by atoms with Crippen molar-refractivity contribution in [2.75, 3.05) is 0 Å². The van der Waals surface area contributed by atoms with Gasteiger partial charge in [-0.25, -0.2) is 9.97 Å². The lowest BCUT2D eigenvalue weighted by atomic mass is 9.97. The summed E-state index contributed by atoms with van der Waals surface area (Å²) in [5.74, 6) is 0.747. The van der Waals surface area contributed by atoms with E-state index in [1.54, 1.807) is 0 Å². The third-order valence-electron chi connectivity index (χ3n) is 12.0. The van der Waals surface area contributed by atoms with Crippen molar-refractivity contribution in [2.45, 2.75) is 13.1 Å². The maximum Gasteiger partial charge on any atom is 0.160 e. The van der Waals surface area contributed by atoms with E-state index in [1.807, 2.05) is 0 Å². The van der Waals surface area contributed by atoms with Crippen LogP contribution in [0, 0.1) is 0 Å². The highest BCUT2D eigenvalue weighted by Gasteiger charge is 2.41. The summed E-state index contributed by atoms with van der Waals surface area (Å²) in [6, 6.07) is 72.2. The SMILES string of the molecule is C[Si]1(C)c2ccccc2-c2nc(-c3cccc(-c4cccc5c4c4ccccc4n5-c4cccc(-c5ccccc5)c4)c3)nc(-c3ccc(-c4ccccc4)cc3)c21. The molecule has 2 aromatic heterocycles. The third kappa shape index (κ3) is 5.48. The standard InChI is InChI=1S/C54H39N3Si/c1-58(2)49-29-12-10-25-46(49)52-53(58)51(39-32-30-38(31-33-39)36-16-5-3-6-17-36)55-54(56-52)42-22-13-21-41(34-42)44-26-15-28-48-50(44)45-24-9-11-27-47(45)57(48)43-23-14-20-40(35-43)37-18-7-4-8-19-37/h3-35H,1-2H3. The topological polar surface area (TPSA) is 30.7 Å². The average molecular weight is 758 g/mol. The van der Waals surface area contributed by atoms with E-state index in [9.17, 15) is 0 Å². The van der Waals surface area contributed by atoms with Crippen LogP contribution >= 0.6 is 0 Å². The Morgan fingerprint density at radius 1 is 0.397 bits per heavy atom. The third-order valence-corrected chi connectivity index (χ3v) is 15.5. The van der Waals surface area contributed by atoms with Gasteiger partial charge in [-0.15, -0.1) is 0 Å². The molecule has 274 valence electrons. The molecule has 11 rings (SSSR count). The van der Waals surface area contributed by atoms with E-state index in [-0.39, 0.29) is 0 Å². The molecule has 0 atom stereocenters. The van der Waals surface area contributed by atoms with Crippen LogP contribution in [0.5, 0.6) is 0 Å². The van der Waals surface area contributed by atoms with Gasteiger partial charge in [0.25, 0.3) is 0 Å². The highest BCUT2D eigenvalue weighted by molar-refractivity contribution is 7.04. The van der Waals surface area contributed by atoms with E-state index in [4.69, 9.17) is 9.97 Å². The normalized spacial score (nSPS) is 12.8. The van der Waals surface area contributed by atoms with Crippen LogP contribution in [0.4, 0.5) is 0 Å². The van der Waals surface area contributed by atoms with Gasteiger partial charge in [-0.05, 0) is 79.6 Å². The molecule has 0 saturated carbocycles. The summed E-state index contributed by atoms with van der Waals surface area (Å²) < 4.78 is 2.41. The molecule has 3 heterocycles. The molecule has 0 saturated heterocycles. The fourth-order valence-electron chi connectivity index (χ4n) is 9.23. The van der Waals surface area contributed by atoms with Gasteiger partial charge in [0.05, 0.1) is 22.4 Å². The Morgan fingerprint density at radius 3 is 1.76 bits per heavy atom. The Hall–Kier alpha value is -7.14. The molecule has 4 heteroatoms. The van der Waals surface area contributed by atoms with Crippen LogP contribution in [0.3, 0.4) is 0 Å². The molecule has 0 bridgehead atoms. The zero-order chi connectivity index (χ0) is 38.8. The minimum atomic E-state index is -2.11. The molecule has 0 unspecified atom stereocenters. The van der Waals surface area contributed by atoms with Crippen molar-refractivity contribution in [3.63, 3.8) is 0 Å². The van der Waals surface area contributed by atoms with E-state index >= 15 is 0 Å². The van der Waals surface area contributed by atoms with Gasteiger partial charge >= 0.3 is 0 Å². The molecule has 1 aliphatic rings. The van der Waals surface area contributed by atoms with Crippen LogP contribution in [-0.4, -0.2) is 22.6 Å². The number of hydrogen-bond acceptors (Lipinski definition) is 2. The number of aromatic nitrogens is 3. The van der Waals surface area contributed by atoms with Gasteiger partial charge in [-0.1, -0.05) is 183 Å². The van der Waals surface area contributed by atoms with Crippen LogP contribution in [0.1, 0.15) is 0 Å². The quantitative estimate of drug-likeness (QED) is 0.158. The molecule has 58 heavy (non-hydrogen) atoms. The summed E-state index contributed by atoms with van der Waals surface area (Å²) in [6.45, 7) is 4.89. The molecule has 0 aliphatic carbocycles. The molecular weight excluding hydrogens is 719 g/mol. The fourth-order valence-corrected chi connectivity index (χ4v) is 12.5. The molecule has 0 amide bonds. The zero-order valence-electron chi connectivity index (χ0n) is 32.4. The van der Waals surface area contributed by atoms with Crippen molar-refractivity contribution in [1.82, 2.24) is 14.5 Å². The maximum atomic E-state index is 5.51. The smallest absolute Gasteiger partial charge is 0.160 e. The van der Waals surface area contributed by atoms with E-state index in [0.29, 0.717) is 0 Å². The van der Waals surface area contributed by atoms with Crippen molar-refractivity contribution in [1.29, 1.82) is 0 Å². The van der Waals surface area contributed by atoms with Crippen molar-refractivity contribution < 1.29 is 0 Å². The van der Waals surface area contributed by atoms with Crippen LogP contribution in [0.15, 0.2) is 200 Å². The first-order valence-corrected chi connectivity index (χ1v) is 23.0. The molecule has 10 aromatic rings. The van der Waals surface area contributed by atoms with E-state index in [1.165, 1.54) is 65.6 Å². The summed E-state index contributed by atoms with van der Waals surface area (Å²) >= 11 is 0. The number of para-hydroxylation sites is 1. The van der Waals surface area contributed by atoms with E-state index in [0.717, 1.165) is 39.6 Å². The lowest BCUT2D eigenvalue weighted by molar-refractivity contribution is 1.18. The average Bonchev–Trinajstić information content (AvgIpc) is 3.75. The van der Waals surface area contributed by atoms with Crippen LogP contribution in [-0.2, 0) is 0 Å². The lowest BCUT2D eigenvalue weighted by Gasteiger charge is -2.22. The van der Waals surface area contributed by atoms with Gasteiger partial charge < -0.3 is 4.57 Å². The second-order valence-electron chi connectivity index (χ2n) is 15.8. The Morgan fingerprint density at radius 2 is 0.948 bits per heavy atom. The molecular formula is C54H39N3Si. The number of hydrogen-bond donors (Lipinski definition) is 0. The first-order chi connectivity index (χ1) is 28.5. The summed E-state index contributed by atoms with van der Waals surface area (Å²) in [6.07, 6.45) is 0. The lowest BCUT2D eigenvalue weighted by Crippen LogP contribution is -2.50. The fraction of sp³-hybridized carbons (Fsp3) is 0.0370. The molecule has 3 nitrogen and oxygen atoms in total. The number of nitrogens with zero attached hydrogens (tertiary/aromatic N) is 3. The van der Waals surface area contributed by atoms with Gasteiger partial charge in [-0.3, -0.25) is 0 Å². The van der Waals surface area contributed by atoms with Crippen LogP contribution < -0.4 is 10.4 Å². The number of rotatable bonds is 6. The Balaban J connectivity index is 1.08. The summed E-state index contributed by atoms with van der Waals surface area (Å²) in [7, 11) is -2.11. The Kier molecular flexibility index (Phi) is 7.95. The van der Waals surface area contributed by atoms with Gasteiger partial charge in [-0.2, -0.15) is 0 Å². The number of fused-ring (bicyclic) bond motifs is 6. The van der Waals surface area contributed by atoms with E-state index in [2.05, 4.69) is 218 Å². The van der Waals surface area contributed by atoms with Gasteiger partial charge in [0, 0.05) is 27.6 Å². The second-order valence-corrected chi connectivity index (χ2v) is 20.1. The summed E-state index contributed by atoms with van der Waals surface area (Å²) in [4.78, 5) is 11.0. The zero-order valence-corrected chi connectivity index (χ0v) is 33.4. The summed E-state index contributed by atoms with van der Waals surface area (Å²) in [5.41, 5.74) is 16.1. The van der Waals surface area contributed by atoms with Gasteiger partial charge in [0.15, 0.2) is 5.82 Å². The van der Waals surface area contributed by atoms with Gasteiger partial charge in [0.1, 0.15) is 8.07 Å². The highest BCUT2D eigenvalue weighted by Crippen LogP contribution is 2.40. The monoisotopic (exact) mass is 757 g/mol. The van der Waals surface area contributed by atoms with Crippen molar-refractivity contribution in [3.05, 3.63) is 200 Å². The second kappa shape index (κ2) is 13.5. The van der Waals surface area contributed by atoms with E-state index < -0.39 is 8.07 Å². The van der Waals surface area contributed by atoms with Crippen LogP contribution in [0.25, 0.3) is 94.8 Å². The Bertz CT molecular complexity index is 3180. The predicted molar refractivity (Wildman–Crippen MR) is 246 cm³/mol. The molecule has 1 aliphatic heterocycles. The molecule has 0 radical (unpaired) electrons. The largest absolute Gasteiger partial charge is 0.309 e. The molecule has 0 fully saturated rings. The Labute approximate surface area is 339 Å². The highest BCUT2D eigenvalue weighted by atomic mass is 28.3. The van der Waals surface area contributed by atoms with Crippen molar-refractivity contribution in [2.24, 2.45) is 0 Å². The minimum absolute atomic E-state index is 0.747. The maximum absolute atomic E-state index is 5.51. The minimum Gasteiger partial charge on any atom is -0.309 e. The molecule has 8 aromatic carbocycles. The summed E-state index contributed by atoms with van der Waals surface area (Å²) in [5, 5.41) is 5.19. The molecule has 0 N–H and O–H groups in total. The predicted octanol–water partition coefficient (Wildman–Crippen LogP) is 12.7. The van der Waals surface area contributed by atoms with Crippen molar-refractivity contribution in [3.8, 4) is 73.0 Å². The van der Waals surface area contributed by atoms with Gasteiger partial charge in [0.2, 0.25) is 0 Å². The first kappa shape index (κ1) is 34.1. The van der Waals surface area contributed by atoms with Crippen molar-refractivity contribution >= 4 is 40.3 Å². The van der Waals surface area contributed by atoms with Crippen LogP contribution in [0.2, 0.25) is 13.1 Å². The molecule has 0 spiro atoms. The number of benzene rings is 8. The first-order valence-electron chi connectivity index (χ1n) is 20.0.